The molecule has 3 heteroatoms. The van der Waals surface area contributed by atoms with Crippen LogP contribution in [0.5, 0.6) is 0 Å². The minimum Gasteiger partial charge on any atom is -0.370 e. The Bertz CT molecular complexity index is 189. The molecule has 0 aromatic carbocycles. The van der Waals surface area contributed by atoms with Crippen molar-refractivity contribution < 1.29 is 0 Å². The molecule has 0 bridgehead atoms. The fourth-order valence-corrected chi connectivity index (χ4v) is 1.74. The Morgan fingerprint density at radius 3 is 2.69 bits per heavy atom. The van der Waals surface area contributed by atoms with E-state index in [-0.39, 0.29) is 0 Å². The smallest absolute Gasteiger partial charge is 0.191 e. The second kappa shape index (κ2) is 4.49. The van der Waals surface area contributed by atoms with Crippen molar-refractivity contribution in [3.05, 3.63) is 0 Å². The van der Waals surface area contributed by atoms with Crippen molar-refractivity contribution >= 4 is 5.96 Å². The van der Waals surface area contributed by atoms with Crippen LogP contribution in [0.15, 0.2) is 4.99 Å². The van der Waals surface area contributed by atoms with Crippen molar-refractivity contribution in [2.45, 2.75) is 39.7 Å². The van der Waals surface area contributed by atoms with E-state index in [1.807, 2.05) is 0 Å². The van der Waals surface area contributed by atoms with E-state index in [0.717, 1.165) is 31.4 Å². The predicted octanol–water partition coefficient (Wildman–Crippen LogP) is 1.44. The monoisotopic (exact) mass is 183 g/mol. The number of hydrogen-bond acceptors (Lipinski definition) is 1. The molecule has 13 heavy (non-hydrogen) atoms. The molecule has 1 heterocycles. The third-order valence-electron chi connectivity index (χ3n) is 2.93. The minimum atomic E-state index is 0.556. The number of nitrogens with zero attached hydrogens (tertiary/aromatic N) is 2. The van der Waals surface area contributed by atoms with Gasteiger partial charge in [0.15, 0.2) is 5.96 Å². The summed E-state index contributed by atoms with van der Waals surface area (Å²) in [5, 5.41) is 0. The Balaban J connectivity index is 2.52. The first kappa shape index (κ1) is 10.4. The Hall–Kier alpha value is -0.730. The molecule has 1 aliphatic rings. The van der Waals surface area contributed by atoms with Crippen LogP contribution in [0.4, 0.5) is 0 Å². The van der Waals surface area contributed by atoms with Gasteiger partial charge < -0.3 is 10.6 Å². The lowest BCUT2D eigenvalue weighted by Crippen LogP contribution is -2.40. The van der Waals surface area contributed by atoms with E-state index in [0.29, 0.717) is 6.04 Å². The van der Waals surface area contributed by atoms with Gasteiger partial charge >= 0.3 is 0 Å². The van der Waals surface area contributed by atoms with E-state index in [2.05, 4.69) is 30.7 Å². The molecule has 3 nitrogen and oxygen atoms in total. The number of guanidine groups is 1. The highest BCUT2D eigenvalue weighted by molar-refractivity contribution is 5.78. The predicted molar refractivity (Wildman–Crippen MR) is 56.7 cm³/mol. The Morgan fingerprint density at radius 2 is 2.23 bits per heavy atom. The molecule has 2 atom stereocenters. The van der Waals surface area contributed by atoms with E-state index >= 15 is 0 Å². The molecule has 0 saturated carbocycles. The summed E-state index contributed by atoms with van der Waals surface area (Å²) in [4.78, 5) is 6.55. The highest BCUT2D eigenvalue weighted by Gasteiger charge is 2.28. The van der Waals surface area contributed by atoms with Crippen molar-refractivity contribution in [3.8, 4) is 0 Å². The normalized spacial score (nSPS) is 29.8. The molecule has 0 spiro atoms. The number of aliphatic imine (C=N–C) groups is 1. The minimum absolute atomic E-state index is 0.556. The third-order valence-corrected chi connectivity index (χ3v) is 2.93. The van der Waals surface area contributed by atoms with Crippen molar-refractivity contribution in [3.63, 3.8) is 0 Å². The Kier molecular flexibility index (Phi) is 3.58. The van der Waals surface area contributed by atoms with E-state index in [1.54, 1.807) is 0 Å². The molecule has 1 fully saturated rings. The number of likely N-dealkylation sites (tertiary alicyclic amines) is 1. The van der Waals surface area contributed by atoms with Gasteiger partial charge in [0, 0.05) is 19.1 Å². The lowest BCUT2D eigenvalue weighted by molar-refractivity contribution is 0.366. The molecule has 1 saturated heterocycles. The van der Waals surface area contributed by atoms with Gasteiger partial charge in [-0.3, -0.25) is 4.99 Å². The van der Waals surface area contributed by atoms with Gasteiger partial charge in [-0.15, -0.1) is 0 Å². The van der Waals surface area contributed by atoms with Crippen molar-refractivity contribution in [1.82, 2.24) is 4.90 Å². The first-order chi connectivity index (χ1) is 6.16. The van der Waals surface area contributed by atoms with Crippen LogP contribution in [0.25, 0.3) is 0 Å². The summed E-state index contributed by atoms with van der Waals surface area (Å²) in [6, 6.07) is 0.556. The van der Waals surface area contributed by atoms with Gasteiger partial charge in [0.2, 0.25) is 0 Å². The van der Waals surface area contributed by atoms with Crippen LogP contribution < -0.4 is 5.73 Å². The molecule has 2 N–H and O–H groups in total. The first-order valence-electron chi connectivity index (χ1n) is 5.23. The molecule has 76 valence electrons. The van der Waals surface area contributed by atoms with E-state index in [1.165, 1.54) is 6.42 Å². The van der Waals surface area contributed by atoms with Crippen LogP contribution in [0.2, 0.25) is 0 Å². The summed E-state index contributed by atoms with van der Waals surface area (Å²) >= 11 is 0. The quantitative estimate of drug-likeness (QED) is 0.520. The van der Waals surface area contributed by atoms with Gasteiger partial charge in [0.05, 0.1) is 0 Å². The SMILES string of the molecule is CCCN=C(N)N1CCC(C)C1C. The lowest BCUT2D eigenvalue weighted by Gasteiger charge is -2.24. The van der Waals surface area contributed by atoms with E-state index in [4.69, 9.17) is 5.73 Å². The molecule has 0 amide bonds. The average molecular weight is 183 g/mol. The number of nitrogens with two attached hydrogens (primary N) is 1. The average Bonchev–Trinajstić information content (AvgIpc) is 2.44. The van der Waals surface area contributed by atoms with Gasteiger partial charge in [-0.2, -0.15) is 0 Å². The number of rotatable bonds is 2. The summed E-state index contributed by atoms with van der Waals surface area (Å²) < 4.78 is 0. The molecule has 1 rings (SSSR count). The fourth-order valence-electron chi connectivity index (χ4n) is 1.74. The summed E-state index contributed by atoms with van der Waals surface area (Å²) in [6.45, 7) is 8.54. The second-order valence-corrected chi connectivity index (χ2v) is 3.94. The van der Waals surface area contributed by atoms with E-state index in [9.17, 15) is 0 Å². The van der Waals surface area contributed by atoms with E-state index < -0.39 is 0 Å². The fraction of sp³-hybridized carbons (Fsp3) is 0.900. The molecule has 0 radical (unpaired) electrons. The Labute approximate surface area is 81.0 Å². The maximum absolute atomic E-state index is 5.89. The highest BCUT2D eigenvalue weighted by Crippen LogP contribution is 2.22. The highest BCUT2D eigenvalue weighted by atomic mass is 15.3. The zero-order chi connectivity index (χ0) is 9.84. The largest absolute Gasteiger partial charge is 0.370 e. The molecule has 2 unspecified atom stereocenters. The van der Waals surface area contributed by atoms with Crippen LogP contribution in [0, 0.1) is 5.92 Å². The lowest BCUT2D eigenvalue weighted by atomic mass is 10.1. The van der Waals surface area contributed by atoms with Gasteiger partial charge in [0.25, 0.3) is 0 Å². The summed E-state index contributed by atoms with van der Waals surface area (Å²) in [6.07, 6.45) is 2.31. The number of hydrogen-bond donors (Lipinski definition) is 1. The maximum Gasteiger partial charge on any atom is 0.191 e. The van der Waals surface area contributed by atoms with Crippen LogP contribution in [0.3, 0.4) is 0 Å². The van der Waals surface area contributed by atoms with Gasteiger partial charge in [0.1, 0.15) is 0 Å². The molecular weight excluding hydrogens is 162 g/mol. The molecular formula is C10H21N3. The van der Waals surface area contributed by atoms with Crippen molar-refractivity contribution in [1.29, 1.82) is 0 Å². The second-order valence-electron chi connectivity index (χ2n) is 3.94. The standard InChI is InChI=1S/C10H21N3/c1-4-6-12-10(11)13-7-5-8(2)9(13)3/h8-9H,4-7H2,1-3H3,(H2,11,12). The zero-order valence-electron chi connectivity index (χ0n) is 8.95. The molecule has 0 aliphatic carbocycles. The molecule has 0 aromatic rings. The van der Waals surface area contributed by atoms with Gasteiger partial charge in [-0.05, 0) is 25.7 Å². The van der Waals surface area contributed by atoms with Crippen molar-refractivity contribution in [2.24, 2.45) is 16.6 Å². The van der Waals surface area contributed by atoms with Gasteiger partial charge in [-0.25, -0.2) is 0 Å². The van der Waals surface area contributed by atoms with Crippen LogP contribution in [-0.2, 0) is 0 Å². The summed E-state index contributed by atoms with van der Waals surface area (Å²) in [7, 11) is 0. The zero-order valence-corrected chi connectivity index (χ0v) is 8.95. The van der Waals surface area contributed by atoms with Crippen LogP contribution in [-0.4, -0.2) is 30.0 Å². The third kappa shape index (κ3) is 2.36. The molecule has 1 aliphatic heterocycles. The molecule has 0 aromatic heterocycles. The van der Waals surface area contributed by atoms with Crippen LogP contribution >= 0.6 is 0 Å². The summed E-state index contributed by atoms with van der Waals surface area (Å²) in [5.74, 6) is 1.48. The Morgan fingerprint density at radius 1 is 1.54 bits per heavy atom. The maximum atomic E-state index is 5.89. The van der Waals surface area contributed by atoms with Crippen molar-refractivity contribution in [2.75, 3.05) is 13.1 Å². The topological polar surface area (TPSA) is 41.6 Å². The van der Waals surface area contributed by atoms with Crippen LogP contribution in [0.1, 0.15) is 33.6 Å². The first-order valence-corrected chi connectivity index (χ1v) is 5.23. The summed E-state index contributed by atoms with van der Waals surface area (Å²) in [5.41, 5.74) is 5.89. The van der Waals surface area contributed by atoms with Gasteiger partial charge in [-0.1, -0.05) is 13.8 Å².